The third kappa shape index (κ3) is 5.68. The normalized spacial score (nSPS) is 15.5. The monoisotopic (exact) mass is 435 g/mol. The second-order valence-corrected chi connectivity index (χ2v) is 7.71. The molecule has 0 unspecified atom stereocenters. The number of thiazole rings is 1. The minimum atomic E-state index is -0.0708. The van der Waals surface area contributed by atoms with Gasteiger partial charge in [-0.3, -0.25) is 4.79 Å². The fourth-order valence-corrected chi connectivity index (χ4v) is 4.19. The number of nitrogens with zero attached hydrogens (tertiary/aromatic N) is 1. The predicted molar refractivity (Wildman–Crippen MR) is 113 cm³/mol. The van der Waals surface area contributed by atoms with Crippen LogP contribution in [-0.2, 0) is 4.74 Å². The van der Waals surface area contributed by atoms with Gasteiger partial charge in [-0.25, -0.2) is 4.98 Å². The molecular formula is C18H27Cl2N3O3S. The summed E-state index contributed by atoms with van der Waals surface area (Å²) in [7, 11) is 1.72. The van der Waals surface area contributed by atoms with Crippen LogP contribution in [0.25, 0.3) is 10.8 Å². The van der Waals surface area contributed by atoms with Crippen molar-refractivity contribution in [3.05, 3.63) is 28.5 Å². The molecule has 27 heavy (non-hydrogen) atoms. The van der Waals surface area contributed by atoms with Crippen molar-refractivity contribution in [3.63, 3.8) is 0 Å². The van der Waals surface area contributed by atoms with Crippen molar-refractivity contribution in [1.29, 1.82) is 0 Å². The molecule has 1 aliphatic rings. The van der Waals surface area contributed by atoms with Gasteiger partial charge in [0.15, 0.2) is 10.8 Å². The molecule has 0 aliphatic carbocycles. The highest BCUT2D eigenvalue weighted by molar-refractivity contribution is 7.17. The Hall–Kier alpha value is -1.12. The Bertz CT molecular complexity index is 737. The number of halogens is 2. The van der Waals surface area contributed by atoms with Crippen LogP contribution in [-0.4, -0.2) is 44.2 Å². The van der Waals surface area contributed by atoms with Crippen molar-refractivity contribution in [2.75, 3.05) is 33.4 Å². The lowest BCUT2D eigenvalue weighted by Crippen LogP contribution is -2.47. The SMILES string of the molecule is COCC1(CNC(=O)c2sc(-c3ccc(C)o3)nc2C)CCNCC1.Cl.Cl. The lowest BCUT2D eigenvalue weighted by atomic mass is 9.79. The zero-order chi connectivity index (χ0) is 17.9. The van der Waals surface area contributed by atoms with Crippen molar-refractivity contribution in [1.82, 2.24) is 15.6 Å². The molecule has 2 aromatic heterocycles. The van der Waals surface area contributed by atoms with Crippen LogP contribution in [0.3, 0.4) is 0 Å². The van der Waals surface area contributed by atoms with Crippen LogP contribution in [0.1, 0.15) is 34.0 Å². The largest absolute Gasteiger partial charge is 0.459 e. The van der Waals surface area contributed by atoms with Gasteiger partial charge < -0.3 is 19.8 Å². The summed E-state index contributed by atoms with van der Waals surface area (Å²) in [6.07, 6.45) is 2.00. The van der Waals surface area contributed by atoms with Gasteiger partial charge in [-0.1, -0.05) is 0 Å². The smallest absolute Gasteiger partial charge is 0.263 e. The van der Waals surface area contributed by atoms with E-state index >= 15 is 0 Å². The Morgan fingerprint density at radius 3 is 2.63 bits per heavy atom. The van der Waals surface area contributed by atoms with Crippen LogP contribution in [0.2, 0.25) is 0 Å². The molecule has 152 valence electrons. The first kappa shape index (κ1) is 23.9. The van der Waals surface area contributed by atoms with Crippen LogP contribution >= 0.6 is 36.2 Å². The summed E-state index contributed by atoms with van der Waals surface area (Å²) in [5.41, 5.74) is 0.743. The third-order valence-corrected chi connectivity index (χ3v) is 5.86. The molecule has 0 aromatic carbocycles. The maximum Gasteiger partial charge on any atom is 0.263 e. The van der Waals surface area contributed by atoms with Gasteiger partial charge in [0.2, 0.25) is 0 Å². The van der Waals surface area contributed by atoms with Crippen LogP contribution in [0.4, 0.5) is 0 Å². The van der Waals surface area contributed by atoms with Gasteiger partial charge in [-0.05, 0) is 51.9 Å². The van der Waals surface area contributed by atoms with E-state index in [0.29, 0.717) is 23.8 Å². The number of hydrogen-bond acceptors (Lipinski definition) is 6. The molecule has 0 saturated carbocycles. The number of amides is 1. The Kier molecular flexibility index (Phi) is 9.24. The quantitative estimate of drug-likeness (QED) is 0.724. The molecule has 6 nitrogen and oxygen atoms in total. The number of nitrogens with one attached hydrogen (secondary N) is 2. The second kappa shape index (κ2) is 10.4. The summed E-state index contributed by atoms with van der Waals surface area (Å²) in [4.78, 5) is 17.8. The molecule has 9 heteroatoms. The number of methoxy groups -OCH3 is 1. The highest BCUT2D eigenvalue weighted by Crippen LogP contribution is 2.31. The van der Waals surface area contributed by atoms with Crippen molar-refractivity contribution in [3.8, 4) is 10.8 Å². The van der Waals surface area contributed by atoms with E-state index in [1.54, 1.807) is 7.11 Å². The fraction of sp³-hybridized carbons (Fsp3) is 0.556. The van der Waals surface area contributed by atoms with Gasteiger partial charge in [-0.15, -0.1) is 36.2 Å². The van der Waals surface area contributed by atoms with Gasteiger partial charge in [0, 0.05) is 19.1 Å². The minimum absolute atomic E-state index is 0. The number of rotatable bonds is 6. The van der Waals surface area contributed by atoms with Crippen LogP contribution in [0.15, 0.2) is 16.5 Å². The van der Waals surface area contributed by atoms with E-state index in [9.17, 15) is 4.79 Å². The molecule has 3 rings (SSSR count). The summed E-state index contributed by atoms with van der Waals surface area (Å²) in [5.74, 6) is 1.47. The fourth-order valence-electron chi connectivity index (χ4n) is 3.25. The van der Waals surface area contributed by atoms with E-state index in [2.05, 4.69) is 15.6 Å². The first-order valence-electron chi connectivity index (χ1n) is 8.55. The average Bonchev–Trinajstić information content (AvgIpc) is 3.20. The van der Waals surface area contributed by atoms with Crippen LogP contribution < -0.4 is 10.6 Å². The first-order chi connectivity index (χ1) is 12.0. The number of piperidine rings is 1. The van der Waals surface area contributed by atoms with Crippen LogP contribution in [0, 0.1) is 19.3 Å². The van der Waals surface area contributed by atoms with Crippen molar-refractivity contribution < 1.29 is 13.9 Å². The van der Waals surface area contributed by atoms with Crippen LogP contribution in [0.5, 0.6) is 0 Å². The number of aryl methyl sites for hydroxylation is 2. The number of aromatic nitrogens is 1. The highest BCUT2D eigenvalue weighted by atomic mass is 35.5. The predicted octanol–water partition coefficient (Wildman–Crippen LogP) is 3.61. The summed E-state index contributed by atoms with van der Waals surface area (Å²) in [5, 5.41) is 7.20. The maximum atomic E-state index is 12.7. The molecule has 1 fully saturated rings. The van der Waals surface area contributed by atoms with Crippen molar-refractivity contribution in [2.24, 2.45) is 5.41 Å². The van der Waals surface area contributed by atoms with Gasteiger partial charge in [0.25, 0.3) is 5.91 Å². The summed E-state index contributed by atoms with van der Waals surface area (Å²) >= 11 is 1.37. The minimum Gasteiger partial charge on any atom is -0.459 e. The van der Waals surface area contributed by atoms with E-state index in [1.807, 2.05) is 26.0 Å². The molecule has 1 amide bonds. The number of ether oxygens (including phenoxy) is 1. The molecule has 0 atom stereocenters. The lowest BCUT2D eigenvalue weighted by Gasteiger charge is -2.37. The van der Waals surface area contributed by atoms with Gasteiger partial charge in [0.05, 0.1) is 12.3 Å². The topological polar surface area (TPSA) is 76.4 Å². The molecule has 0 spiro atoms. The number of carbonyl (C=O) groups is 1. The Labute approximate surface area is 176 Å². The van der Waals surface area contributed by atoms with Gasteiger partial charge in [-0.2, -0.15) is 0 Å². The van der Waals surface area contributed by atoms with E-state index in [4.69, 9.17) is 9.15 Å². The van der Waals surface area contributed by atoms with E-state index in [1.165, 1.54) is 11.3 Å². The highest BCUT2D eigenvalue weighted by Gasteiger charge is 2.33. The molecule has 3 heterocycles. The molecule has 2 N–H and O–H groups in total. The molecule has 1 saturated heterocycles. The molecule has 0 bridgehead atoms. The first-order valence-corrected chi connectivity index (χ1v) is 9.37. The Morgan fingerprint density at radius 2 is 2.04 bits per heavy atom. The lowest BCUT2D eigenvalue weighted by molar-refractivity contribution is 0.0512. The molecule has 1 aliphatic heterocycles. The van der Waals surface area contributed by atoms with Gasteiger partial charge >= 0.3 is 0 Å². The zero-order valence-corrected chi connectivity index (χ0v) is 18.2. The van der Waals surface area contributed by atoms with Crippen molar-refractivity contribution >= 4 is 42.1 Å². The molecule has 2 aromatic rings. The Balaban J connectivity index is 0.00000182. The summed E-state index contributed by atoms with van der Waals surface area (Å²) in [6, 6.07) is 3.79. The maximum absolute atomic E-state index is 12.7. The van der Waals surface area contributed by atoms with Crippen molar-refractivity contribution in [2.45, 2.75) is 26.7 Å². The number of hydrogen-bond donors (Lipinski definition) is 2. The third-order valence-electron chi connectivity index (χ3n) is 4.69. The number of furan rings is 1. The molecular weight excluding hydrogens is 409 g/mol. The van der Waals surface area contributed by atoms with E-state index in [-0.39, 0.29) is 36.1 Å². The molecule has 0 radical (unpaired) electrons. The zero-order valence-electron chi connectivity index (χ0n) is 15.8. The standard InChI is InChI=1S/C18H25N3O3S.2ClH/c1-12-4-5-14(24-12)17-21-13(2)15(25-17)16(22)20-10-18(11-23-3)6-8-19-9-7-18;;/h4-5,19H,6-11H2,1-3H3,(H,20,22);2*1H. The number of carbonyl (C=O) groups excluding carboxylic acids is 1. The second-order valence-electron chi connectivity index (χ2n) is 6.71. The summed E-state index contributed by atoms with van der Waals surface area (Å²) in [6.45, 7) is 6.95. The van der Waals surface area contributed by atoms with Gasteiger partial charge in [0.1, 0.15) is 10.6 Å². The van der Waals surface area contributed by atoms with E-state index < -0.39 is 0 Å². The Morgan fingerprint density at radius 1 is 1.33 bits per heavy atom. The summed E-state index contributed by atoms with van der Waals surface area (Å²) < 4.78 is 11.0. The average molecular weight is 436 g/mol. The van der Waals surface area contributed by atoms with E-state index in [0.717, 1.165) is 42.4 Å².